The van der Waals surface area contributed by atoms with Gasteiger partial charge in [0, 0.05) is 18.2 Å². The molecule has 3 rings (SSSR count). The zero-order valence-corrected chi connectivity index (χ0v) is 10.9. The summed E-state index contributed by atoms with van der Waals surface area (Å²) in [6.45, 7) is 1.77. The van der Waals surface area contributed by atoms with Gasteiger partial charge in [-0.05, 0) is 24.8 Å². The first-order valence-electron chi connectivity index (χ1n) is 6.86. The van der Waals surface area contributed by atoms with Crippen molar-refractivity contribution in [2.45, 2.75) is 31.4 Å². The van der Waals surface area contributed by atoms with Crippen molar-refractivity contribution in [2.75, 3.05) is 20.3 Å². The maximum Gasteiger partial charge on any atom is 0.124 e. The van der Waals surface area contributed by atoms with Crippen molar-refractivity contribution in [3.63, 3.8) is 0 Å². The van der Waals surface area contributed by atoms with E-state index < -0.39 is 0 Å². The van der Waals surface area contributed by atoms with Crippen molar-refractivity contribution in [2.24, 2.45) is 5.92 Å². The molecule has 0 radical (unpaired) electrons. The summed E-state index contributed by atoms with van der Waals surface area (Å²) in [5, 5.41) is 3.66. The second kappa shape index (κ2) is 5.29. The number of hydrogen-bond acceptors (Lipinski definition) is 3. The highest BCUT2D eigenvalue weighted by Crippen LogP contribution is 2.33. The van der Waals surface area contributed by atoms with Crippen LogP contribution in [0.1, 0.15) is 30.9 Å². The van der Waals surface area contributed by atoms with Gasteiger partial charge >= 0.3 is 0 Å². The molecule has 3 atom stereocenters. The number of ether oxygens (including phenoxy) is 2. The van der Waals surface area contributed by atoms with Crippen LogP contribution in [0.2, 0.25) is 0 Å². The van der Waals surface area contributed by atoms with Gasteiger partial charge in [0.25, 0.3) is 0 Å². The summed E-state index contributed by atoms with van der Waals surface area (Å²) < 4.78 is 11.5. The number of nitrogens with one attached hydrogen (secondary N) is 1. The average Bonchev–Trinajstić information content (AvgIpc) is 2.78. The third-order valence-electron chi connectivity index (χ3n) is 4.22. The number of benzene rings is 1. The molecule has 1 aromatic carbocycles. The summed E-state index contributed by atoms with van der Waals surface area (Å²) in [6.07, 6.45) is 4.06. The Morgan fingerprint density at radius 1 is 1.28 bits per heavy atom. The fourth-order valence-electron chi connectivity index (χ4n) is 3.19. The molecule has 0 spiro atoms. The van der Waals surface area contributed by atoms with E-state index in [0.717, 1.165) is 24.5 Å². The number of rotatable bonds is 2. The van der Waals surface area contributed by atoms with Gasteiger partial charge in [0.2, 0.25) is 0 Å². The SMILES string of the molecule is COc1ccccc1C1CNC2CCCC2CO1. The summed E-state index contributed by atoms with van der Waals surface area (Å²) >= 11 is 0. The summed E-state index contributed by atoms with van der Waals surface area (Å²) in [5.41, 5.74) is 1.16. The molecule has 0 bridgehead atoms. The lowest BCUT2D eigenvalue weighted by molar-refractivity contribution is 0.0459. The predicted molar refractivity (Wildman–Crippen MR) is 70.8 cm³/mol. The number of para-hydroxylation sites is 1. The second-order valence-corrected chi connectivity index (χ2v) is 5.27. The minimum absolute atomic E-state index is 0.117. The Morgan fingerprint density at radius 2 is 2.17 bits per heavy atom. The van der Waals surface area contributed by atoms with Crippen LogP contribution in [0.3, 0.4) is 0 Å². The van der Waals surface area contributed by atoms with Gasteiger partial charge < -0.3 is 14.8 Å². The summed E-state index contributed by atoms with van der Waals surface area (Å²) in [6, 6.07) is 8.81. The quantitative estimate of drug-likeness (QED) is 0.871. The Hall–Kier alpha value is -1.06. The molecule has 1 aliphatic carbocycles. The highest BCUT2D eigenvalue weighted by molar-refractivity contribution is 5.35. The van der Waals surface area contributed by atoms with Crippen molar-refractivity contribution < 1.29 is 9.47 Å². The molecule has 0 aromatic heterocycles. The fourth-order valence-corrected chi connectivity index (χ4v) is 3.19. The molecular formula is C15H21NO2. The minimum Gasteiger partial charge on any atom is -0.496 e. The molecule has 1 saturated carbocycles. The molecule has 1 aliphatic heterocycles. The van der Waals surface area contributed by atoms with Crippen molar-refractivity contribution >= 4 is 0 Å². The molecule has 2 fully saturated rings. The van der Waals surface area contributed by atoms with E-state index in [1.807, 2.05) is 18.2 Å². The van der Waals surface area contributed by atoms with Gasteiger partial charge in [-0.15, -0.1) is 0 Å². The predicted octanol–water partition coefficient (Wildman–Crippen LogP) is 2.52. The molecule has 2 aliphatic rings. The van der Waals surface area contributed by atoms with E-state index in [0.29, 0.717) is 12.0 Å². The largest absolute Gasteiger partial charge is 0.496 e. The van der Waals surface area contributed by atoms with E-state index in [9.17, 15) is 0 Å². The third kappa shape index (κ3) is 2.25. The highest BCUT2D eigenvalue weighted by Gasteiger charge is 2.32. The zero-order chi connectivity index (χ0) is 12.4. The number of fused-ring (bicyclic) bond motifs is 1. The van der Waals surface area contributed by atoms with Gasteiger partial charge in [0.1, 0.15) is 5.75 Å². The molecule has 3 heteroatoms. The van der Waals surface area contributed by atoms with Crippen LogP contribution < -0.4 is 10.1 Å². The van der Waals surface area contributed by atoms with Crippen LogP contribution in [0.4, 0.5) is 0 Å². The first-order chi connectivity index (χ1) is 8.88. The van der Waals surface area contributed by atoms with Crippen LogP contribution in [0, 0.1) is 5.92 Å². The standard InChI is InChI=1S/C15H21NO2/c1-17-14-8-3-2-6-12(14)15-9-16-13-7-4-5-11(13)10-18-15/h2-3,6,8,11,13,15-16H,4-5,7,9-10H2,1H3. The molecule has 98 valence electrons. The molecule has 0 amide bonds. The Bertz CT molecular complexity index is 393. The Morgan fingerprint density at radius 3 is 3.06 bits per heavy atom. The topological polar surface area (TPSA) is 30.5 Å². The van der Waals surface area contributed by atoms with Gasteiger partial charge in [0.15, 0.2) is 0 Å². The number of methoxy groups -OCH3 is 1. The molecule has 18 heavy (non-hydrogen) atoms. The summed E-state index contributed by atoms with van der Waals surface area (Å²) in [4.78, 5) is 0. The van der Waals surface area contributed by atoms with E-state index in [1.54, 1.807) is 7.11 Å². The van der Waals surface area contributed by atoms with E-state index in [1.165, 1.54) is 19.3 Å². The number of hydrogen-bond donors (Lipinski definition) is 1. The van der Waals surface area contributed by atoms with Crippen LogP contribution in [0.15, 0.2) is 24.3 Å². The normalized spacial score (nSPS) is 31.7. The van der Waals surface area contributed by atoms with Crippen LogP contribution in [0.25, 0.3) is 0 Å². The van der Waals surface area contributed by atoms with Crippen molar-refractivity contribution in [1.82, 2.24) is 5.32 Å². The molecule has 1 aromatic rings. The molecular weight excluding hydrogens is 226 g/mol. The molecule has 1 heterocycles. The third-order valence-corrected chi connectivity index (χ3v) is 4.22. The summed E-state index contributed by atoms with van der Waals surface area (Å²) in [7, 11) is 1.72. The van der Waals surface area contributed by atoms with Gasteiger partial charge in [-0.2, -0.15) is 0 Å². The van der Waals surface area contributed by atoms with Crippen molar-refractivity contribution in [1.29, 1.82) is 0 Å². The van der Waals surface area contributed by atoms with E-state index in [2.05, 4.69) is 11.4 Å². The Balaban J connectivity index is 1.76. The maximum absolute atomic E-state index is 6.10. The van der Waals surface area contributed by atoms with Crippen molar-refractivity contribution in [3.05, 3.63) is 29.8 Å². The average molecular weight is 247 g/mol. The van der Waals surface area contributed by atoms with Gasteiger partial charge in [-0.3, -0.25) is 0 Å². The molecule has 1 N–H and O–H groups in total. The van der Waals surface area contributed by atoms with E-state index >= 15 is 0 Å². The lowest BCUT2D eigenvalue weighted by Crippen LogP contribution is -2.32. The van der Waals surface area contributed by atoms with Gasteiger partial charge in [0.05, 0.1) is 19.8 Å². The van der Waals surface area contributed by atoms with Gasteiger partial charge in [-0.1, -0.05) is 24.6 Å². The van der Waals surface area contributed by atoms with Gasteiger partial charge in [-0.25, -0.2) is 0 Å². The second-order valence-electron chi connectivity index (χ2n) is 5.27. The van der Waals surface area contributed by atoms with Crippen LogP contribution in [-0.2, 0) is 4.74 Å². The van der Waals surface area contributed by atoms with Crippen LogP contribution >= 0.6 is 0 Å². The minimum atomic E-state index is 0.117. The van der Waals surface area contributed by atoms with E-state index in [4.69, 9.17) is 9.47 Å². The first kappa shape index (κ1) is 12.0. The molecule has 3 unspecified atom stereocenters. The molecule has 3 nitrogen and oxygen atoms in total. The maximum atomic E-state index is 6.10. The first-order valence-corrected chi connectivity index (χ1v) is 6.86. The lowest BCUT2D eigenvalue weighted by Gasteiger charge is -2.18. The smallest absolute Gasteiger partial charge is 0.124 e. The zero-order valence-electron chi connectivity index (χ0n) is 10.9. The van der Waals surface area contributed by atoms with Crippen LogP contribution in [0.5, 0.6) is 5.75 Å². The Kier molecular flexibility index (Phi) is 3.52. The van der Waals surface area contributed by atoms with Crippen molar-refractivity contribution in [3.8, 4) is 5.75 Å². The monoisotopic (exact) mass is 247 g/mol. The molecule has 1 saturated heterocycles. The fraction of sp³-hybridized carbons (Fsp3) is 0.600. The summed E-state index contributed by atoms with van der Waals surface area (Å²) in [5.74, 6) is 1.63. The Labute approximate surface area is 108 Å². The van der Waals surface area contributed by atoms with E-state index in [-0.39, 0.29) is 6.10 Å². The van der Waals surface area contributed by atoms with Crippen LogP contribution in [-0.4, -0.2) is 26.3 Å². The highest BCUT2D eigenvalue weighted by atomic mass is 16.5. The lowest BCUT2D eigenvalue weighted by atomic mass is 10.1.